The lowest BCUT2D eigenvalue weighted by molar-refractivity contribution is 0.361. The molecule has 1 aromatic rings. The van der Waals surface area contributed by atoms with Gasteiger partial charge in [0.2, 0.25) is 5.09 Å². The first kappa shape index (κ1) is 7.64. The van der Waals surface area contributed by atoms with Crippen molar-refractivity contribution in [2.45, 2.75) is 10.2 Å². The molecule has 0 radical (unpaired) electrons. The fourth-order valence-electron chi connectivity index (χ4n) is 0.449. The van der Waals surface area contributed by atoms with Gasteiger partial charge in [-0.2, -0.15) is 8.42 Å². The first-order chi connectivity index (χ1) is 4.50. The van der Waals surface area contributed by atoms with E-state index in [9.17, 15) is 8.42 Å². The third kappa shape index (κ3) is 1.53. The van der Waals surface area contributed by atoms with E-state index in [1.165, 1.54) is 6.07 Å². The maximum atomic E-state index is 10.3. The Hall–Kier alpha value is -0.460. The van der Waals surface area contributed by atoms with Crippen LogP contribution in [-0.4, -0.2) is 13.0 Å². The average molecular weight is 180 g/mol. The molecule has 0 spiro atoms. The van der Waals surface area contributed by atoms with Gasteiger partial charge < -0.3 is 4.42 Å². The second-order valence-corrected chi connectivity index (χ2v) is 3.36. The highest BCUT2D eigenvalue weighted by Crippen LogP contribution is 2.15. The Morgan fingerprint density at radius 2 is 2.10 bits per heavy atom. The van der Waals surface area contributed by atoms with Crippen LogP contribution in [-0.2, 0) is 10.1 Å². The molecule has 1 N–H and O–H groups in total. The second-order valence-electron chi connectivity index (χ2n) is 1.57. The van der Waals surface area contributed by atoms with Crippen molar-refractivity contribution in [3.05, 3.63) is 12.1 Å². The Kier molecular flexibility index (Phi) is 1.76. The van der Waals surface area contributed by atoms with Gasteiger partial charge in [0.15, 0.2) is 5.09 Å². The molecular formula is C4H4O4S2. The van der Waals surface area contributed by atoms with E-state index in [0.717, 1.165) is 6.07 Å². The summed E-state index contributed by atoms with van der Waals surface area (Å²) in [6, 6.07) is 2.45. The van der Waals surface area contributed by atoms with Crippen molar-refractivity contribution in [2.75, 3.05) is 0 Å². The maximum Gasteiger partial charge on any atom is 0.328 e. The van der Waals surface area contributed by atoms with Gasteiger partial charge in [-0.15, -0.1) is 12.6 Å². The molecule has 10 heavy (non-hydrogen) atoms. The van der Waals surface area contributed by atoms with E-state index in [0.29, 0.717) is 0 Å². The van der Waals surface area contributed by atoms with Crippen LogP contribution in [0.2, 0.25) is 0 Å². The molecule has 0 aromatic carbocycles. The number of hydrogen-bond donors (Lipinski definition) is 2. The minimum Gasteiger partial charge on any atom is -0.436 e. The summed E-state index contributed by atoms with van der Waals surface area (Å²) >= 11 is 3.69. The van der Waals surface area contributed by atoms with Crippen LogP contribution in [0.25, 0.3) is 0 Å². The lowest BCUT2D eigenvalue weighted by atomic mass is 10.7. The normalized spacial score (nSPS) is 11.8. The number of thiol groups is 1. The molecule has 0 unspecified atom stereocenters. The molecule has 6 heteroatoms. The van der Waals surface area contributed by atoms with Crippen LogP contribution in [0.4, 0.5) is 0 Å². The first-order valence-corrected chi connectivity index (χ1v) is 4.15. The van der Waals surface area contributed by atoms with Crippen molar-refractivity contribution in [3.8, 4) is 0 Å². The summed E-state index contributed by atoms with van der Waals surface area (Å²) in [6.07, 6.45) is 0. The molecular weight excluding hydrogens is 176 g/mol. The van der Waals surface area contributed by atoms with Gasteiger partial charge in [0.1, 0.15) is 0 Å². The predicted octanol–water partition coefficient (Wildman–Crippen LogP) is 0.815. The monoisotopic (exact) mass is 180 g/mol. The highest BCUT2D eigenvalue weighted by molar-refractivity contribution is 7.85. The van der Waals surface area contributed by atoms with Crippen LogP contribution in [0.15, 0.2) is 26.7 Å². The highest BCUT2D eigenvalue weighted by atomic mass is 32.2. The zero-order chi connectivity index (χ0) is 7.78. The number of furan rings is 1. The quantitative estimate of drug-likeness (QED) is 0.496. The fraction of sp³-hybridized carbons (Fsp3) is 0. The molecule has 1 rings (SSSR count). The molecule has 0 aliphatic rings. The minimum atomic E-state index is -4.20. The summed E-state index contributed by atoms with van der Waals surface area (Å²) in [7, 11) is -4.20. The molecule has 0 saturated heterocycles. The summed E-state index contributed by atoms with van der Waals surface area (Å²) in [6.45, 7) is 0. The lowest BCUT2D eigenvalue weighted by Gasteiger charge is -1.86. The molecule has 56 valence electrons. The second kappa shape index (κ2) is 2.30. The van der Waals surface area contributed by atoms with Crippen molar-refractivity contribution >= 4 is 22.7 Å². The summed E-state index contributed by atoms with van der Waals surface area (Å²) in [5.74, 6) is 0. The van der Waals surface area contributed by atoms with Gasteiger partial charge in [0.25, 0.3) is 0 Å². The van der Waals surface area contributed by atoms with Gasteiger partial charge in [-0.3, -0.25) is 4.55 Å². The van der Waals surface area contributed by atoms with E-state index >= 15 is 0 Å². The molecule has 0 saturated carbocycles. The van der Waals surface area contributed by atoms with Crippen molar-refractivity contribution in [1.29, 1.82) is 0 Å². The third-order valence-electron chi connectivity index (χ3n) is 0.821. The molecule has 4 nitrogen and oxygen atoms in total. The van der Waals surface area contributed by atoms with Crippen LogP contribution >= 0.6 is 12.6 Å². The summed E-state index contributed by atoms with van der Waals surface area (Å²) in [4.78, 5) is 0. The van der Waals surface area contributed by atoms with Crippen molar-refractivity contribution < 1.29 is 17.4 Å². The summed E-state index contributed by atoms with van der Waals surface area (Å²) in [5.41, 5.74) is 0. The van der Waals surface area contributed by atoms with Crippen molar-refractivity contribution in [3.63, 3.8) is 0 Å². The zero-order valence-electron chi connectivity index (χ0n) is 4.68. The highest BCUT2D eigenvalue weighted by Gasteiger charge is 2.12. The Balaban J connectivity index is 3.21. The number of hydrogen-bond acceptors (Lipinski definition) is 4. The fourth-order valence-corrected chi connectivity index (χ4v) is 1.12. The zero-order valence-corrected chi connectivity index (χ0v) is 6.39. The van der Waals surface area contributed by atoms with Gasteiger partial charge in [-0.25, -0.2) is 0 Å². The van der Waals surface area contributed by atoms with Gasteiger partial charge in [0, 0.05) is 0 Å². The van der Waals surface area contributed by atoms with Gasteiger partial charge >= 0.3 is 10.1 Å². The molecule has 0 aliphatic heterocycles. The van der Waals surface area contributed by atoms with Gasteiger partial charge in [0.05, 0.1) is 0 Å². The topological polar surface area (TPSA) is 67.5 Å². The molecule has 0 atom stereocenters. The van der Waals surface area contributed by atoms with Crippen LogP contribution in [0.3, 0.4) is 0 Å². The third-order valence-corrected chi connectivity index (χ3v) is 1.79. The van der Waals surface area contributed by atoms with Crippen LogP contribution < -0.4 is 0 Å². The smallest absolute Gasteiger partial charge is 0.328 e. The maximum absolute atomic E-state index is 10.3. The molecule has 0 fully saturated rings. The van der Waals surface area contributed by atoms with E-state index < -0.39 is 15.2 Å². The van der Waals surface area contributed by atoms with E-state index in [1.54, 1.807) is 0 Å². The van der Waals surface area contributed by atoms with Crippen LogP contribution in [0, 0.1) is 0 Å². The summed E-state index contributed by atoms with van der Waals surface area (Å²) in [5, 5.41) is -0.342. The van der Waals surface area contributed by atoms with E-state index in [-0.39, 0.29) is 5.09 Å². The van der Waals surface area contributed by atoms with Crippen LogP contribution in [0.1, 0.15) is 0 Å². The predicted molar refractivity (Wildman–Crippen MR) is 35.8 cm³/mol. The SMILES string of the molecule is O=S(=O)(O)c1ccc(S)o1. The van der Waals surface area contributed by atoms with Crippen LogP contribution in [0.5, 0.6) is 0 Å². The Morgan fingerprint density at radius 1 is 1.50 bits per heavy atom. The van der Waals surface area contributed by atoms with E-state index in [2.05, 4.69) is 17.0 Å². The minimum absolute atomic E-state index is 0.146. The Bertz CT molecular complexity index is 323. The molecule has 1 heterocycles. The van der Waals surface area contributed by atoms with E-state index in [1.807, 2.05) is 0 Å². The van der Waals surface area contributed by atoms with Crippen molar-refractivity contribution in [2.24, 2.45) is 0 Å². The van der Waals surface area contributed by atoms with Gasteiger partial charge in [-0.1, -0.05) is 0 Å². The largest absolute Gasteiger partial charge is 0.436 e. The van der Waals surface area contributed by atoms with E-state index in [4.69, 9.17) is 4.55 Å². The molecule has 0 amide bonds. The number of rotatable bonds is 1. The average Bonchev–Trinajstić information content (AvgIpc) is 2.11. The molecule has 0 aliphatic carbocycles. The molecule has 1 aromatic heterocycles. The van der Waals surface area contributed by atoms with Crippen molar-refractivity contribution in [1.82, 2.24) is 0 Å². The lowest BCUT2D eigenvalue weighted by Crippen LogP contribution is -1.94. The Labute approximate surface area is 63.0 Å². The van der Waals surface area contributed by atoms with Gasteiger partial charge in [-0.05, 0) is 12.1 Å². The first-order valence-electron chi connectivity index (χ1n) is 2.26. The molecule has 0 bridgehead atoms. The standard InChI is InChI=1S/C4H4O4S2/c5-10(6,7)4-2-1-3(9)8-4/h1-2,9H,(H,5,6,7). The Morgan fingerprint density at radius 3 is 2.30 bits per heavy atom. The summed E-state index contributed by atoms with van der Waals surface area (Å²) < 4.78 is 33.4.